The first-order valence-corrected chi connectivity index (χ1v) is 5.36. The van der Waals surface area contributed by atoms with Crippen LogP contribution in [0, 0.1) is 0 Å². The Hall–Kier alpha value is -2.37. The molecule has 18 heavy (non-hydrogen) atoms. The lowest BCUT2D eigenvalue weighted by molar-refractivity contribution is -0.136. The number of rotatable bonds is 2. The summed E-state index contributed by atoms with van der Waals surface area (Å²) < 4.78 is 0. The topological polar surface area (TPSA) is 77.9 Å². The molecule has 2 amide bonds. The Bertz CT molecular complexity index is 527. The zero-order valence-corrected chi connectivity index (χ0v) is 9.79. The number of carbonyl (C=O) groups excluding carboxylic acids is 2. The number of likely N-dealkylation sites (N-methyl/N-ethyl adjacent to an activating group) is 1. The summed E-state index contributed by atoms with van der Waals surface area (Å²) in [6.45, 7) is -0.0471. The van der Waals surface area contributed by atoms with Gasteiger partial charge in [0, 0.05) is 12.7 Å². The minimum absolute atomic E-state index is 0.0101. The van der Waals surface area contributed by atoms with Crippen LogP contribution in [0.4, 0.5) is 5.69 Å². The predicted octanol–water partition coefficient (Wildman–Crippen LogP) is 0.190. The highest BCUT2D eigenvalue weighted by molar-refractivity contribution is 6.05. The van der Waals surface area contributed by atoms with Crippen molar-refractivity contribution in [3.05, 3.63) is 29.8 Å². The number of nitrogens with zero attached hydrogens (tertiary/aromatic N) is 2. The molecule has 0 saturated carbocycles. The van der Waals surface area contributed by atoms with Gasteiger partial charge in [0.25, 0.3) is 0 Å². The van der Waals surface area contributed by atoms with Crippen molar-refractivity contribution < 1.29 is 19.5 Å². The van der Waals surface area contributed by atoms with Gasteiger partial charge in [-0.05, 0) is 18.2 Å². The summed E-state index contributed by atoms with van der Waals surface area (Å²) in [5, 5.41) is 8.89. The molecule has 6 nitrogen and oxygen atoms in total. The molecule has 0 radical (unpaired) electrons. The van der Waals surface area contributed by atoms with Crippen molar-refractivity contribution in [2.75, 3.05) is 25.0 Å². The maximum absolute atomic E-state index is 11.8. The van der Waals surface area contributed by atoms with Crippen molar-refractivity contribution in [2.45, 2.75) is 0 Å². The van der Waals surface area contributed by atoms with E-state index in [2.05, 4.69) is 0 Å². The third kappa shape index (κ3) is 2.17. The highest BCUT2D eigenvalue weighted by Crippen LogP contribution is 2.19. The lowest BCUT2D eigenvalue weighted by Gasteiger charge is -2.31. The average molecular weight is 248 g/mol. The zero-order valence-electron chi connectivity index (χ0n) is 9.79. The third-order valence-electron chi connectivity index (χ3n) is 2.80. The van der Waals surface area contributed by atoms with Crippen molar-refractivity contribution in [2.24, 2.45) is 0 Å². The lowest BCUT2D eigenvalue weighted by atomic mass is 10.1. The largest absolute Gasteiger partial charge is 0.478 e. The van der Waals surface area contributed by atoms with Crippen LogP contribution in [0.3, 0.4) is 0 Å². The fourth-order valence-corrected chi connectivity index (χ4v) is 1.76. The number of hydrogen-bond acceptors (Lipinski definition) is 3. The number of carboxylic acids is 1. The van der Waals surface area contributed by atoms with Crippen LogP contribution in [-0.2, 0) is 9.59 Å². The molecule has 0 atom stereocenters. The molecular weight excluding hydrogens is 236 g/mol. The van der Waals surface area contributed by atoms with E-state index in [0.717, 1.165) is 0 Å². The molecule has 1 aromatic carbocycles. The summed E-state index contributed by atoms with van der Waals surface area (Å²) in [6.07, 6.45) is 0. The fraction of sp³-hybridized carbons (Fsp3) is 0.250. The molecule has 0 bridgehead atoms. The van der Waals surface area contributed by atoms with E-state index in [-0.39, 0.29) is 30.5 Å². The standard InChI is InChI=1S/C12H12N2O4/c1-13-6-11(16)14(7-10(13)15)9-4-2-3-8(5-9)12(17)18/h2-5H,6-7H2,1H3,(H,17,18). The summed E-state index contributed by atoms with van der Waals surface area (Å²) >= 11 is 0. The van der Waals surface area contributed by atoms with Crippen LogP contribution in [0.1, 0.15) is 10.4 Å². The van der Waals surface area contributed by atoms with Crippen molar-refractivity contribution >= 4 is 23.5 Å². The fourth-order valence-electron chi connectivity index (χ4n) is 1.76. The monoisotopic (exact) mass is 248 g/mol. The molecule has 1 N–H and O–H groups in total. The van der Waals surface area contributed by atoms with Crippen LogP contribution in [0.5, 0.6) is 0 Å². The maximum Gasteiger partial charge on any atom is 0.335 e. The van der Waals surface area contributed by atoms with Crippen molar-refractivity contribution in [1.82, 2.24) is 4.90 Å². The van der Waals surface area contributed by atoms with Gasteiger partial charge in [0.05, 0.1) is 12.1 Å². The number of piperazine rings is 1. The Kier molecular flexibility index (Phi) is 3.01. The smallest absolute Gasteiger partial charge is 0.335 e. The second-order valence-electron chi connectivity index (χ2n) is 4.09. The quantitative estimate of drug-likeness (QED) is 0.810. The molecule has 2 rings (SSSR count). The maximum atomic E-state index is 11.8. The minimum atomic E-state index is -1.07. The number of anilines is 1. The molecule has 6 heteroatoms. The van der Waals surface area contributed by atoms with Crippen LogP contribution in [0.2, 0.25) is 0 Å². The molecule has 1 aromatic rings. The summed E-state index contributed by atoms with van der Waals surface area (Å²) in [6, 6.07) is 5.99. The Labute approximate surface area is 103 Å². The van der Waals surface area contributed by atoms with E-state index in [9.17, 15) is 14.4 Å². The van der Waals surface area contributed by atoms with Crippen LogP contribution in [0.15, 0.2) is 24.3 Å². The second-order valence-corrected chi connectivity index (χ2v) is 4.09. The van der Waals surface area contributed by atoms with Gasteiger partial charge in [-0.25, -0.2) is 4.79 Å². The molecule has 0 spiro atoms. The lowest BCUT2D eigenvalue weighted by Crippen LogP contribution is -2.52. The molecule has 0 aromatic heterocycles. The van der Waals surface area contributed by atoms with E-state index in [1.807, 2.05) is 0 Å². The van der Waals surface area contributed by atoms with Gasteiger partial charge in [-0.2, -0.15) is 0 Å². The van der Waals surface area contributed by atoms with Gasteiger partial charge in [0.15, 0.2) is 0 Å². The molecule has 0 aliphatic carbocycles. The predicted molar refractivity (Wildman–Crippen MR) is 63.4 cm³/mol. The van der Waals surface area contributed by atoms with E-state index in [1.165, 1.54) is 21.9 Å². The van der Waals surface area contributed by atoms with E-state index in [0.29, 0.717) is 5.69 Å². The summed E-state index contributed by atoms with van der Waals surface area (Å²) in [4.78, 5) is 36.9. The summed E-state index contributed by atoms with van der Waals surface area (Å²) in [7, 11) is 1.56. The van der Waals surface area contributed by atoms with Crippen LogP contribution in [-0.4, -0.2) is 47.9 Å². The van der Waals surface area contributed by atoms with Gasteiger partial charge >= 0.3 is 5.97 Å². The Morgan fingerprint density at radius 3 is 2.61 bits per heavy atom. The highest BCUT2D eigenvalue weighted by atomic mass is 16.4. The number of carboxylic acid groups (broad SMARTS) is 1. The first kappa shape index (κ1) is 12.1. The summed E-state index contributed by atoms with van der Waals surface area (Å²) in [5.74, 6) is -1.46. The zero-order chi connectivity index (χ0) is 13.3. The minimum Gasteiger partial charge on any atom is -0.478 e. The van der Waals surface area contributed by atoms with E-state index < -0.39 is 5.97 Å². The van der Waals surface area contributed by atoms with E-state index in [1.54, 1.807) is 19.2 Å². The Morgan fingerprint density at radius 2 is 1.94 bits per heavy atom. The van der Waals surface area contributed by atoms with Gasteiger partial charge < -0.3 is 14.9 Å². The first-order valence-electron chi connectivity index (χ1n) is 5.36. The second kappa shape index (κ2) is 4.48. The normalized spacial score (nSPS) is 16.1. The molecule has 1 saturated heterocycles. The molecule has 0 unspecified atom stereocenters. The van der Waals surface area contributed by atoms with Gasteiger partial charge in [-0.15, -0.1) is 0 Å². The number of aromatic carboxylic acids is 1. The number of carbonyl (C=O) groups is 3. The molecule has 1 fully saturated rings. The summed E-state index contributed by atoms with van der Waals surface area (Å²) in [5.41, 5.74) is 0.521. The Balaban J connectivity index is 2.31. The van der Waals surface area contributed by atoms with Crippen LogP contribution < -0.4 is 4.90 Å². The average Bonchev–Trinajstić information content (AvgIpc) is 2.34. The van der Waals surface area contributed by atoms with Crippen molar-refractivity contribution in [3.63, 3.8) is 0 Å². The molecule has 1 heterocycles. The SMILES string of the molecule is CN1CC(=O)N(c2cccc(C(=O)O)c2)CC1=O. The van der Waals surface area contributed by atoms with Gasteiger partial charge in [-0.3, -0.25) is 9.59 Å². The number of benzene rings is 1. The van der Waals surface area contributed by atoms with Crippen LogP contribution in [0.25, 0.3) is 0 Å². The molecule has 1 aliphatic heterocycles. The molecule has 94 valence electrons. The van der Waals surface area contributed by atoms with Crippen molar-refractivity contribution in [1.29, 1.82) is 0 Å². The molecule has 1 aliphatic rings. The first-order chi connectivity index (χ1) is 8.49. The number of hydrogen-bond donors (Lipinski definition) is 1. The van der Waals surface area contributed by atoms with Crippen molar-refractivity contribution in [3.8, 4) is 0 Å². The Morgan fingerprint density at radius 1 is 1.22 bits per heavy atom. The third-order valence-corrected chi connectivity index (χ3v) is 2.80. The van der Waals surface area contributed by atoms with Gasteiger partial charge in [-0.1, -0.05) is 6.07 Å². The highest BCUT2D eigenvalue weighted by Gasteiger charge is 2.28. The van der Waals surface area contributed by atoms with Gasteiger partial charge in [0.2, 0.25) is 11.8 Å². The number of amides is 2. The molecular formula is C12H12N2O4. The van der Waals surface area contributed by atoms with E-state index >= 15 is 0 Å². The van der Waals surface area contributed by atoms with Crippen LogP contribution >= 0.6 is 0 Å². The van der Waals surface area contributed by atoms with Gasteiger partial charge in [0.1, 0.15) is 6.54 Å². The van der Waals surface area contributed by atoms with E-state index in [4.69, 9.17) is 5.11 Å².